The van der Waals surface area contributed by atoms with E-state index in [0.29, 0.717) is 22.2 Å². The minimum atomic E-state index is -0.143. The van der Waals surface area contributed by atoms with E-state index in [1.54, 1.807) is 13.2 Å². The van der Waals surface area contributed by atoms with Gasteiger partial charge in [0.15, 0.2) is 11.0 Å². The Balaban J connectivity index is 1.52. The molecular weight excluding hydrogens is 426 g/mol. The highest BCUT2D eigenvalue weighted by atomic mass is 32.2. The van der Waals surface area contributed by atoms with Crippen molar-refractivity contribution in [3.63, 3.8) is 0 Å². The van der Waals surface area contributed by atoms with Crippen molar-refractivity contribution in [2.24, 2.45) is 0 Å². The van der Waals surface area contributed by atoms with E-state index >= 15 is 0 Å². The zero-order chi connectivity index (χ0) is 22.1. The zero-order valence-electron chi connectivity index (χ0n) is 17.3. The topological polar surface area (TPSA) is 124 Å². The normalized spacial score (nSPS) is 11.1. The Hall–Kier alpha value is -4.05. The molecule has 0 radical (unpaired) electrons. The van der Waals surface area contributed by atoms with Crippen LogP contribution >= 0.6 is 11.8 Å². The first-order valence-electron chi connectivity index (χ1n) is 9.78. The molecular formula is C22H19N7O2S. The second kappa shape index (κ2) is 8.23. The van der Waals surface area contributed by atoms with Crippen molar-refractivity contribution >= 4 is 34.3 Å². The first kappa shape index (κ1) is 19.9. The summed E-state index contributed by atoms with van der Waals surface area (Å²) >= 11 is 1.41. The molecule has 2 aromatic carbocycles. The van der Waals surface area contributed by atoms with E-state index in [9.17, 15) is 4.79 Å². The molecule has 0 unspecified atom stereocenters. The van der Waals surface area contributed by atoms with E-state index in [1.165, 1.54) is 11.8 Å². The van der Waals surface area contributed by atoms with Gasteiger partial charge in [0.1, 0.15) is 11.6 Å². The van der Waals surface area contributed by atoms with Crippen LogP contribution < -0.4 is 15.6 Å². The second-order valence-corrected chi connectivity index (χ2v) is 8.14. The lowest BCUT2D eigenvalue weighted by atomic mass is 10.1. The number of aromatic nitrogens is 6. The molecule has 0 spiro atoms. The Morgan fingerprint density at radius 1 is 0.969 bits per heavy atom. The molecule has 5 aromatic rings. The van der Waals surface area contributed by atoms with Crippen LogP contribution in [0, 0.1) is 6.92 Å². The Morgan fingerprint density at radius 3 is 2.56 bits per heavy atom. The first-order chi connectivity index (χ1) is 15.6. The van der Waals surface area contributed by atoms with Crippen LogP contribution in [0.1, 0.15) is 5.69 Å². The lowest BCUT2D eigenvalue weighted by Gasteiger charge is -2.09. The summed E-state index contributed by atoms with van der Waals surface area (Å²) < 4.78 is 5.26. The molecule has 0 amide bonds. The summed E-state index contributed by atoms with van der Waals surface area (Å²) in [5.41, 5.74) is 3.23. The maximum absolute atomic E-state index is 11.8. The number of hydrogen-bond donors (Lipinski definition) is 4. The number of H-pyrrole nitrogens is 3. The van der Waals surface area contributed by atoms with E-state index in [0.717, 1.165) is 33.1 Å². The number of ether oxygens (including phenoxy) is 1. The highest BCUT2D eigenvalue weighted by molar-refractivity contribution is 7.99. The molecule has 32 heavy (non-hydrogen) atoms. The number of aromatic amines is 3. The molecule has 0 atom stereocenters. The van der Waals surface area contributed by atoms with E-state index < -0.39 is 0 Å². The second-order valence-electron chi connectivity index (χ2n) is 7.10. The Kier molecular flexibility index (Phi) is 5.12. The average Bonchev–Trinajstić information content (AvgIpc) is 3.38. The van der Waals surface area contributed by atoms with Gasteiger partial charge in [0.25, 0.3) is 5.56 Å². The lowest BCUT2D eigenvalue weighted by molar-refractivity contribution is 0.415. The van der Waals surface area contributed by atoms with Gasteiger partial charge in [-0.15, -0.1) is 0 Å². The van der Waals surface area contributed by atoms with Crippen LogP contribution in [0.4, 0.5) is 11.6 Å². The van der Waals surface area contributed by atoms with Gasteiger partial charge in [-0.05, 0) is 61.2 Å². The molecule has 3 heterocycles. The molecule has 9 nitrogen and oxygen atoms in total. The van der Waals surface area contributed by atoms with E-state index in [2.05, 4.69) is 30.7 Å². The predicted molar refractivity (Wildman–Crippen MR) is 124 cm³/mol. The molecule has 0 aliphatic rings. The molecule has 3 aromatic heterocycles. The fourth-order valence-corrected chi connectivity index (χ4v) is 4.05. The quantitative estimate of drug-likeness (QED) is 0.288. The van der Waals surface area contributed by atoms with Crippen LogP contribution in [0.15, 0.2) is 69.4 Å². The SMILES string of the molecule is COc1ccc(-c2cc(Nc3cc(C)[nH]n3)nc(Sc3ccc4c(=O)[nH][nH]c4c3)n2)cc1. The third-order valence-electron chi connectivity index (χ3n) is 4.81. The molecule has 5 rings (SSSR count). The Bertz CT molecular complexity index is 1450. The summed E-state index contributed by atoms with van der Waals surface area (Å²) in [5.74, 6) is 2.07. The maximum Gasteiger partial charge on any atom is 0.271 e. The van der Waals surface area contributed by atoms with Crippen molar-refractivity contribution in [1.29, 1.82) is 0 Å². The molecule has 160 valence electrons. The number of benzene rings is 2. The Labute approximate surface area is 186 Å². The average molecular weight is 446 g/mol. The maximum atomic E-state index is 11.8. The highest BCUT2D eigenvalue weighted by Gasteiger charge is 2.11. The third-order valence-corrected chi connectivity index (χ3v) is 5.66. The molecule has 0 saturated heterocycles. The Morgan fingerprint density at radius 2 is 1.81 bits per heavy atom. The number of nitrogens with one attached hydrogen (secondary N) is 4. The molecule has 4 N–H and O–H groups in total. The number of nitrogens with zero attached hydrogens (tertiary/aromatic N) is 3. The van der Waals surface area contributed by atoms with E-state index in [1.807, 2.05) is 55.5 Å². The minimum Gasteiger partial charge on any atom is -0.497 e. The van der Waals surface area contributed by atoms with Gasteiger partial charge in [-0.2, -0.15) is 5.10 Å². The van der Waals surface area contributed by atoms with Crippen LogP contribution in [0.5, 0.6) is 5.75 Å². The summed E-state index contributed by atoms with van der Waals surface area (Å²) in [5, 5.41) is 17.0. The fourth-order valence-electron chi connectivity index (χ4n) is 3.24. The fraction of sp³-hybridized carbons (Fsp3) is 0.0909. The number of aryl methyl sites for hydroxylation is 1. The van der Waals surface area contributed by atoms with Gasteiger partial charge in [0.05, 0.1) is 23.7 Å². The van der Waals surface area contributed by atoms with Crippen molar-refractivity contribution < 1.29 is 4.74 Å². The first-order valence-corrected chi connectivity index (χ1v) is 10.6. The summed E-state index contributed by atoms with van der Waals surface area (Å²) in [4.78, 5) is 22.1. The number of rotatable bonds is 6. The lowest BCUT2D eigenvalue weighted by Crippen LogP contribution is -1.99. The summed E-state index contributed by atoms with van der Waals surface area (Å²) in [6, 6.07) is 17.0. The predicted octanol–water partition coefficient (Wildman–Crippen LogP) is 4.25. The van der Waals surface area contributed by atoms with Crippen molar-refractivity contribution in [2.45, 2.75) is 17.0 Å². The van der Waals surface area contributed by atoms with Gasteiger partial charge >= 0.3 is 0 Å². The van der Waals surface area contributed by atoms with Crippen molar-refractivity contribution in [2.75, 3.05) is 12.4 Å². The largest absolute Gasteiger partial charge is 0.497 e. The number of methoxy groups -OCH3 is 1. The van der Waals surface area contributed by atoms with Crippen molar-refractivity contribution in [1.82, 2.24) is 30.4 Å². The van der Waals surface area contributed by atoms with Crippen LogP contribution in [-0.4, -0.2) is 37.5 Å². The van der Waals surface area contributed by atoms with Crippen molar-refractivity contribution in [3.05, 3.63) is 70.6 Å². The van der Waals surface area contributed by atoms with Gasteiger partial charge in [-0.3, -0.25) is 20.1 Å². The summed E-state index contributed by atoms with van der Waals surface area (Å²) in [6.45, 7) is 1.93. The molecule has 0 saturated carbocycles. The smallest absolute Gasteiger partial charge is 0.271 e. The van der Waals surface area contributed by atoms with Crippen LogP contribution in [0.25, 0.3) is 22.2 Å². The summed E-state index contributed by atoms with van der Waals surface area (Å²) in [7, 11) is 1.64. The number of fused-ring (bicyclic) bond motifs is 1. The molecule has 0 bridgehead atoms. The van der Waals surface area contributed by atoms with E-state index in [4.69, 9.17) is 9.72 Å². The molecule has 0 aliphatic carbocycles. The minimum absolute atomic E-state index is 0.143. The van der Waals surface area contributed by atoms with E-state index in [-0.39, 0.29) is 5.56 Å². The monoisotopic (exact) mass is 445 g/mol. The van der Waals surface area contributed by atoms with Gasteiger partial charge in [0, 0.05) is 28.3 Å². The van der Waals surface area contributed by atoms with Gasteiger partial charge in [0.2, 0.25) is 0 Å². The van der Waals surface area contributed by atoms with Crippen LogP contribution in [0.2, 0.25) is 0 Å². The molecule has 0 aliphatic heterocycles. The van der Waals surface area contributed by atoms with Crippen LogP contribution in [0.3, 0.4) is 0 Å². The summed E-state index contributed by atoms with van der Waals surface area (Å²) in [6.07, 6.45) is 0. The van der Waals surface area contributed by atoms with Crippen LogP contribution in [-0.2, 0) is 0 Å². The van der Waals surface area contributed by atoms with Crippen molar-refractivity contribution in [3.8, 4) is 17.0 Å². The highest BCUT2D eigenvalue weighted by Crippen LogP contribution is 2.31. The molecule has 10 heteroatoms. The number of anilines is 2. The van der Waals surface area contributed by atoms with Gasteiger partial charge in [-0.25, -0.2) is 9.97 Å². The van der Waals surface area contributed by atoms with Gasteiger partial charge < -0.3 is 10.1 Å². The third kappa shape index (κ3) is 4.08. The molecule has 0 fully saturated rings. The van der Waals surface area contributed by atoms with Gasteiger partial charge in [-0.1, -0.05) is 0 Å². The standard InChI is InChI=1S/C22H19N7O2S/c1-12-9-20(28-26-12)24-19-11-17(13-3-5-14(31-2)6-4-13)23-22(25-19)32-15-7-8-16-18(10-15)27-29-21(16)30/h3-11H,1-2H3,(H2,27,29,30)(H2,23,24,25,26,28). The number of hydrogen-bond acceptors (Lipinski definition) is 7. The zero-order valence-corrected chi connectivity index (χ0v) is 18.1.